The lowest BCUT2D eigenvalue weighted by Gasteiger charge is -2.09. The second-order valence-corrected chi connectivity index (χ2v) is 4.27. The summed E-state index contributed by atoms with van der Waals surface area (Å²) in [4.78, 5) is 11.4. The lowest BCUT2D eigenvalue weighted by molar-refractivity contribution is -0.122. The van der Waals surface area contributed by atoms with Crippen LogP contribution in [0.1, 0.15) is 12.0 Å². The van der Waals surface area contributed by atoms with Gasteiger partial charge in [0.05, 0.1) is 6.04 Å². The first-order chi connectivity index (χ1) is 7.63. The Morgan fingerprint density at radius 1 is 1.50 bits per heavy atom. The first-order valence-corrected chi connectivity index (χ1v) is 5.64. The molecule has 1 aromatic rings. The molecule has 0 fully saturated rings. The molecule has 0 aliphatic carbocycles. The maximum atomic E-state index is 11.4. The fourth-order valence-electron chi connectivity index (χ4n) is 1.14. The number of carbonyl (C=O) groups excluding carboxylic acids is 1. The van der Waals surface area contributed by atoms with Crippen LogP contribution in [0.2, 0.25) is 0 Å². The molecule has 4 heteroatoms. The zero-order valence-corrected chi connectivity index (χ0v) is 10.3. The lowest BCUT2D eigenvalue weighted by Crippen LogP contribution is -2.39. The number of amides is 1. The van der Waals surface area contributed by atoms with Crippen LogP contribution in [0.3, 0.4) is 0 Å². The summed E-state index contributed by atoms with van der Waals surface area (Å²) in [6.45, 7) is 0.463. The van der Waals surface area contributed by atoms with E-state index in [0.29, 0.717) is 6.54 Å². The first kappa shape index (κ1) is 12.8. The molecule has 1 aromatic carbocycles. The third kappa shape index (κ3) is 4.05. The summed E-state index contributed by atoms with van der Waals surface area (Å²) in [5.41, 5.74) is 6.57. The molecule has 0 aliphatic heterocycles. The Bertz CT molecular complexity index is 394. The summed E-state index contributed by atoms with van der Waals surface area (Å²) in [6.07, 6.45) is 5.33. The zero-order valence-electron chi connectivity index (χ0n) is 8.74. The molecule has 1 unspecified atom stereocenters. The third-order valence-corrected chi connectivity index (χ3v) is 2.58. The van der Waals surface area contributed by atoms with Gasteiger partial charge < -0.3 is 11.1 Å². The van der Waals surface area contributed by atoms with Crippen LogP contribution in [0.25, 0.3) is 0 Å². The van der Waals surface area contributed by atoms with Crippen molar-refractivity contribution in [1.29, 1.82) is 0 Å². The van der Waals surface area contributed by atoms with Crippen LogP contribution >= 0.6 is 15.9 Å². The van der Waals surface area contributed by atoms with Gasteiger partial charge in [-0.3, -0.25) is 4.79 Å². The van der Waals surface area contributed by atoms with Crippen LogP contribution in [0.5, 0.6) is 0 Å². The summed E-state index contributed by atoms with van der Waals surface area (Å²) in [7, 11) is 0. The molecule has 3 N–H and O–H groups in total. The summed E-state index contributed by atoms with van der Waals surface area (Å²) < 4.78 is 1.01. The SMILES string of the molecule is C#CCC(N)C(=O)NCc1ccc(Br)cc1. The Morgan fingerprint density at radius 3 is 2.69 bits per heavy atom. The molecule has 16 heavy (non-hydrogen) atoms. The Balaban J connectivity index is 2.43. The number of hydrogen-bond donors (Lipinski definition) is 2. The van der Waals surface area contributed by atoms with Gasteiger partial charge in [-0.15, -0.1) is 12.3 Å². The second-order valence-electron chi connectivity index (χ2n) is 3.36. The average Bonchev–Trinajstić information content (AvgIpc) is 2.28. The second kappa shape index (κ2) is 6.31. The molecule has 0 radical (unpaired) electrons. The highest BCUT2D eigenvalue weighted by Crippen LogP contribution is 2.10. The van der Waals surface area contributed by atoms with Crippen molar-refractivity contribution >= 4 is 21.8 Å². The molecule has 84 valence electrons. The smallest absolute Gasteiger partial charge is 0.238 e. The molecule has 0 bridgehead atoms. The zero-order chi connectivity index (χ0) is 12.0. The van der Waals surface area contributed by atoms with Crippen LogP contribution in [0, 0.1) is 12.3 Å². The van der Waals surface area contributed by atoms with Gasteiger partial charge >= 0.3 is 0 Å². The van der Waals surface area contributed by atoms with Gasteiger partial charge in [-0.2, -0.15) is 0 Å². The largest absolute Gasteiger partial charge is 0.351 e. The van der Waals surface area contributed by atoms with Crippen LogP contribution in [0.15, 0.2) is 28.7 Å². The number of carbonyl (C=O) groups is 1. The Kier molecular flexibility index (Phi) is 5.03. The molecule has 1 rings (SSSR count). The van der Waals surface area contributed by atoms with E-state index >= 15 is 0 Å². The van der Waals surface area contributed by atoms with E-state index in [9.17, 15) is 4.79 Å². The maximum absolute atomic E-state index is 11.4. The predicted octanol–water partition coefficient (Wildman–Crippen LogP) is 1.42. The number of rotatable bonds is 4. The molecular formula is C12H13BrN2O. The van der Waals surface area contributed by atoms with Gasteiger partial charge in [0.15, 0.2) is 0 Å². The molecular weight excluding hydrogens is 268 g/mol. The molecule has 0 spiro atoms. The van der Waals surface area contributed by atoms with Crippen molar-refractivity contribution in [3.63, 3.8) is 0 Å². The van der Waals surface area contributed by atoms with Gasteiger partial charge in [0.25, 0.3) is 0 Å². The number of benzene rings is 1. The fraction of sp³-hybridized carbons (Fsp3) is 0.250. The highest BCUT2D eigenvalue weighted by atomic mass is 79.9. The van der Waals surface area contributed by atoms with Crippen molar-refractivity contribution in [2.45, 2.75) is 19.0 Å². The van der Waals surface area contributed by atoms with Crippen LogP contribution < -0.4 is 11.1 Å². The highest BCUT2D eigenvalue weighted by molar-refractivity contribution is 9.10. The Morgan fingerprint density at radius 2 is 2.12 bits per heavy atom. The van der Waals surface area contributed by atoms with Crippen LogP contribution in [-0.2, 0) is 11.3 Å². The van der Waals surface area contributed by atoms with Crippen LogP contribution in [0.4, 0.5) is 0 Å². The summed E-state index contributed by atoms with van der Waals surface area (Å²) in [5.74, 6) is 2.14. The molecule has 1 amide bonds. The van der Waals surface area contributed by atoms with Gasteiger partial charge in [-0.25, -0.2) is 0 Å². The van der Waals surface area contributed by atoms with E-state index in [4.69, 9.17) is 12.2 Å². The number of halogens is 1. The van der Waals surface area contributed by atoms with Crippen molar-refractivity contribution in [3.05, 3.63) is 34.3 Å². The normalized spacial score (nSPS) is 11.6. The molecule has 3 nitrogen and oxygen atoms in total. The van der Waals surface area contributed by atoms with Crippen LogP contribution in [-0.4, -0.2) is 11.9 Å². The monoisotopic (exact) mass is 280 g/mol. The van der Waals surface area contributed by atoms with Gasteiger partial charge in [0.2, 0.25) is 5.91 Å². The molecule has 0 saturated carbocycles. The maximum Gasteiger partial charge on any atom is 0.238 e. The first-order valence-electron chi connectivity index (χ1n) is 4.84. The van der Waals surface area contributed by atoms with Crippen molar-refractivity contribution in [2.24, 2.45) is 5.73 Å². The van der Waals surface area contributed by atoms with Gasteiger partial charge in [0, 0.05) is 17.4 Å². The quantitative estimate of drug-likeness (QED) is 0.820. The number of hydrogen-bond acceptors (Lipinski definition) is 2. The van der Waals surface area contributed by atoms with Crippen molar-refractivity contribution < 1.29 is 4.79 Å². The van der Waals surface area contributed by atoms with E-state index in [1.54, 1.807) is 0 Å². The Hall–Kier alpha value is -1.31. The van der Waals surface area contributed by atoms with E-state index in [1.165, 1.54) is 0 Å². The molecule has 0 heterocycles. The summed E-state index contributed by atoms with van der Waals surface area (Å²) in [6, 6.07) is 7.07. The van der Waals surface area contributed by atoms with E-state index < -0.39 is 6.04 Å². The number of nitrogens with one attached hydrogen (secondary N) is 1. The minimum absolute atomic E-state index is 0.221. The third-order valence-electron chi connectivity index (χ3n) is 2.05. The number of terminal acetylenes is 1. The summed E-state index contributed by atoms with van der Waals surface area (Å²) in [5, 5.41) is 2.73. The number of nitrogens with two attached hydrogens (primary N) is 1. The van der Waals surface area contributed by atoms with Crippen molar-refractivity contribution in [3.8, 4) is 12.3 Å². The summed E-state index contributed by atoms with van der Waals surface area (Å²) >= 11 is 3.34. The molecule has 0 saturated heterocycles. The average molecular weight is 281 g/mol. The predicted molar refractivity (Wildman–Crippen MR) is 67.4 cm³/mol. The Labute approximate surface area is 104 Å². The van der Waals surface area contributed by atoms with Crippen molar-refractivity contribution in [2.75, 3.05) is 0 Å². The van der Waals surface area contributed by atoms with E-state index in [-0.39, 0.29) is 12.3 Å². The molecule has 1 atom stereocenters. The van der Waals surface area contributed by atoms with E-state index in [1.807, 2.05) is 24.3 Å². The highest BCUT2D eigenvalue weighted by Gasteiger charge is 2.10. The molecule has 0 aromatic heterocycles. The van der Waals surface area contributed by atoms with Crippen molar-refractivity contribution in [1.82, 2.24) is 5.32 Å². The topological polar surface area (TPSA) is 55.1 Å². The van der Waals surface area contributed by atoms with Gasteiger partial charge in [-0.05, 0) is 17.7 Å². The lowest BCUT2D eigenvalue weighted by atomic mass is 10.2. The fourth-order valence-corrected chi connectivity index (χ4v) is 1.41. The minimum atomic E-state index is -0.625. The van der Waals surface area contributed by atoms with Gasteiger partial charge in [-0.1, -0.05) is 28.1 Å². The minimum Gasteiger partial charge on any atom is -0.351 e. The standard InChI is InChI=1S/C12H13BrN2O/c1-2-3-11(14)12(16)15-8-9-4-6-10(13)7-5-9/h1,4-7,11H,3,8,14H2,(H,15,16). The van der Waals surface area contributed by atoms with E-state index in [0.717, 1.165) is 10.0 Å². The molecule has 0 aliphatic rings. The van der Waals surface area contributed by atoms with E-state index in [2.05, 4.69) is 27.2 Å². The van der Waals surface area contributed by atoms with Gasteiger partial charge in [0.1, 0.15) is 0 Å².